The molecule has 3 rings (SSSR count). The molecular formula is C20H25NO2. The molecule has 0 amide bonds. The number of benzene rings is 2. The van der Waals surface area contributed by atoms with Gasteiger partial charge in [-0.1, -0.05) is 24.3 Å². The molecule has 1 aliphatic rings. The smallest absolute Gasteiger partial charge is 0.123 e. The van der Waals surface area contributed by atoms with Gasteiger partial charge in [0.05, 0.1) is 14.2 Å². The van der Waals surface area contributed by atoms with Crippen LogP contribution in [0.5, 0.6) is 11.5 Å². The van der Waals surface area contributed by atoms with Crippen molar-refractivity contribution in [1.82, 2.24) is 4.90 Å². The fraction of sp³-hybridized carbons (Fsp3) is 0.400. The molecule has 0 spiro atoms. The van der Waals surface area contributed by atoms with E-state index in [1.54, 1.807) is 14.2 Å². The molecule has 2 aromatic carbocycles. The maximum Gasteiger partial charge on any atom is 0.123 e. The van der Waals surface area contributed by atoms with Crippen LogP contribution in [0.15, 0.2) is 42.5 Å². The van der Waals surface area contributed by atoms with Crippen LogP contribution in [0, 0.1) is 0 Å². The van der Waals surface area contributed by atoms with E-state index >= 15 is 0 Å². The van der Waals surface area contributed by atoms with Gasteiger partial charge >= 0.3 is 0 Å². The van der Waals surface area contributed by atoms with Crippen molar-refractivity contribution in [2.24, 2.45) is 0 Å². The number of ether oxygens (including phenoxy) is 2. The van der Waals surface area contributed by atoms with Gasteiger partial charge in [0.1, 0.15) is 11.5 Å². The maximum absolute atomic E-state index is 5.52. The van der Waals surface area contributed by atoms with E-state index in [0.717, 1.165) is 44.0 Å². The van der Waals surface area contributed by atoms with Gasteiger partial charge in [0, 0.05) is 18.7 Å². The standard InChI is InChI=1S/C20H25NO2/c1-22-18-10-8-16(9-11-18)5-4-13-21-14-12-17-6-3-7-20(23-2)19(17)15-21/h3,6-11H,4-5,12-15H2,1-2H3. The number of hydrogen-bond acceptors (Lipinski definition) is 3. The number of fused-ring (bicyclic) bond motifs is 1. The van der Waals surface area contributed by atoms with Gasteiger partial charge < -0.3 is 9.47 Å². The molecule has 23 heavy (non-hydrogen) atoms. The third-order valence-electron chi connectivity index (χ3n) is 4.63. The Morgan fingerprint density at radius 1 is 1.00 bits per heavy atom. The van der Waals surface area contributed by atoms with Gasteiger partial charge in [-0.05, 0) is 55.1 Å². The molecule has 0 saturated heterocycles. The van der Waals surface area contributed by atoms with E-state index in [1.807, 2.05) is 12.1 Å². The fourth-order valence-electron chi connectivity index (χ4n) is 3.29. The zero-order valence-electron chi connectivity index (χ0n) is 14.0. The molecule has 2 aromatic rings. The van der Waals surface area contributed by atoms with Crippen molar-refractivity contribution < 1.29 is 9.47 Å². The van der Waals surface area contributed by atoms with E-state index in [-0.39, 0.29) is 0 Å². The molecular weight excluding hydrogens is 286 g/mol. The third kappa shape index (κ3) is 3.85. The van der Waals surface area contributed by atoms with Gasteiger partial charge in [-0.2, -0.15) is 0 Å². The molecule has 1 aliphatic heterocycles. The van der Waals surface area contributed by atoms with Crippen molar-refractivity contribution in [3.8, 4) is 11.5 Å². The lowest BCUT2D eigenvalue weighted by molar-refractivity contribution is 0.246. The van der Waals surface area contributed by atoms with Gasteiger partial charge in [0.25, 0.3) is 0 Å². The Hall–Kier alpha value is -2.00. The largest absolute Gasteiger partial charge is 0.497 e. The lowest BCUT2D eigenvalue weighted by Crippen LogP contribution is -2.31. The highest BCUT2D eigenvalue weighted by molar-refractivity contribution is 5.41. The molecule has 0 saturated carbocycles. The molecule has 0 radical (unpaired) electrons. The summed E-state index contributed by atoms with van der Waals surface area (Å²) in [6.07, 6.45) is 3.41. The molecule has 0 atom stereocenters. The average Bonchev–Trinajstić information content (AvgIpc) is 2.61. The van der Waals surface area contributed by atoms with Crippen molar-refractivity contribution >= 4 is 0 Å². The molecule has 3 nitrogen and oxygen atoms in total. The molecule has 1 heterocycles. The van der Waals surface area contributed by atoms with Crippen molar-refractivity contribution in [3.63, 3.8) is 0 Å². The van der Waals surface area contributed by atoms with Crippen LogP contribution >= 0.6 is 0 Å². The SMILES string of the molecule is COc1ccc(CCCN2CCc3cccc(OC)c3C2)cc1. The summed E-state index contributed by atoms with van der Waals surface area (Å²) in [7, 11) is 3.47. The molecule has 3 heteroatoms. The van der Waals surface area contributed by atoms with E-state index < -0.39 is 0 Å². The first-order valence-corrected chi connectivity index (χ1v) is 8.30. The van der Waals surface area contributed by atoms with Gasteiger partial charge in [-0.3, -0.25) is 4.90 Å². The molecule has 0 aliphatic carbocycles. The average molecular weight is 311 g/mol. The zero-order valence-corrected chi connectivity index (χ0v) is 14.0. The number of nitrogens with zero attached hydrogens (tertiary/aromatic N) is 1. The zero-order chi connectivity index (χ0) is 16.1. The molecule has 0 bridgehead atoms. The summed E-state index contributed by atoms with van der Waals surface area (Å²) in [6.45, 7) is 3.27. The first kappa shape index (κ1) is 15.9. The highest BCUT2D eigenvalue weighted by atomic mass is 16.5. The Balaban J connectivity index is 1.53. The minimum absolute atomic E-state index is 0.925. The molecule has 122 valence electrons. The monoisotopic (exact) mass is 311 g/mol. The second-order valence-corrected chi connectivity index (χ2v) is 6.08. The van der Waals surface area contributed by atoms with Crippen LogP contribution in [0.25, 0.3) is 0 Å². The summed E-state index contributed by atoms with van der Waals surface area (Å²) < 4.78 is 10.7. The Labute approximate surface area is 138 Å². The highest BCUT2D eigenvalue weighted by Gasteiger charge is 2.18. The molecule has 0 N–H and O–H groups in total. The number of aryl methyl sites for hydroxylation is 1. The number of methoxy groups -OCH3 is 2. The van der Waals surface area contributed by atoms with Crippen LogP contribution in [0.1, 0.15) is 23.1 Å². The predicted octanol–water partition coefficient (Wildman–Crippen LogP) is 3.69. The molecule has 0 fully saturated rings. The van der Waals surface area contributed by atoms with E-state index in [1.165, 1.54) is 23.1 Å². The highest BCUT2D eigenvalue weighted by Crippen LogP contribution is 2.28. The first-order chi connectivity index (χ1) is 11.3. The normalized spacial score (nSPS) is 14.3. The summed E-state index contributed by atoms with van der Waals surface area (Å²) in [6, 6.07) is 14.8. The quantitative estimate of drug-likeness (QED) is 0.812. The van der Waals surface area contributed by atoms with Gasteiger partial charge in [-0.15, -0.1) is 0 Å². The Kier molecular flexibility index (Phi) is 5.19. The summed E-state index contributed by atoms with van der Waals surface area (Å²) in [5.41, 5.74) is 4.18. The van der Waals surface area contributed by atoms with Crippen LogP contribution < -0.4 is 9.47 Å². The lowest BCUT2D eigenvalue weighted by Gasteiger charge is -2.29. The third-order valence-corrected chi connectivity index (χ3v) is 4.63. The summed E-state index contributed by atoms with van der Waals surface area (Å²) in [5, 5.41) is 0. The van der Waals surface area contributed by atoms with E-state index in [0.29, 0.717) is 0 Å². The predicted molar refractivity (Wildman–Crippen MR) is 93.3 cm³/mol. The summed E-state index contributed by atoms with van der Waals surface area (Å²) in [5.74, 6) is 1.95. The fourth-order valence-corrected chi connectivity index (χ4v) is 3.29. The van der Waals surface area contributed by atoms with Crippen LogP contribution in [0.2, 0.25) is 0 Å². The second kappa shape index (κ2) is 7.51. The van der Waals surface area contributed by atoms with Crippen molar-refractivity contribution in [2.75, 3.05) is 27.3 Å². The maximum atomic E-state index is 5.52. The first-order valence-electron chi connectivity index (χ1n) is 8.30. The summed E-state index contributed by atoms with van der Waals surface area (Å²) in [4.78, 5) is 2.54. The summed E-state index contributed by atoms with van der Waals surface area (Å²) >= 11 is 0. The van der Waals surface area contributed by atoms with Crippen LogP contribution in [-0.2, 0) is 19.4 Å². The minimum atomic E-state index is 0.925. The van der Waals surface area contributed by atoms with Crippen LogP contribution in [0.4, 0.5) is 0 Å². The molecule has 0 unspecified atom stereocenters. The van der Waals surface area contributed by atoms with Crippen LogP contribution in [-0.4, -0.2) is 32.2 Å². The van der Waals surface area contributed by atoms with Gasteiger partial charge in [0.15, 0.2) is 0 Å². The van der Waals surface area contributed by atoms with E-state index in [2.05, 4.69) is 35.2 Å². The van der Waals surface area contributed by atoms with Crippen molar-refractivity contribution in [3.05, 3.63) is 59.2 Å². The Bertz CT molecular complexity index is 622. The lowest BCUT2D eigenvalue weighted by atomic mass is 9.98. The number of hydrogen-bond donors (Lipinski definition) is 0. The van der Waals surface area contributed by atoms with E-state index in [4.69, 9.17) is 9.47 Å². The number of rotatable bonds is 6. The van der Waals surface area contributed by atoms with Crippen molar-refractivity contribution in [1.29, 1.82) is 0 Å². The van der Waals surface area contributed by atoms with Gasteiger partial charge in [-0.25, -0.2) is 0 Å². The topological polar surface area (TPSA) is 21.7 Å². The Morgan fingerprint density at radius 2 is 1.83 bits per heavy atom. The van der Waals surface area contributed by atoms with Crippen molar-refractivity contribution in [2.45, 2.75) is 25.8 Å². The minimum Gasteiger partial charge on any atom is -0.497 e. The van der Waals surface area contributed by atoms with Crippen LogP contribution in [0.3, 0.4) is 0 Å². The van der Waals surface area contributed by atoms with Gasteiger partial charge in [0.2, 0.25) is 0 Å². The molecule has 0 aromatic heterocycles. The van der Waals surface area contributed by atoms with E-state index in [9.17, 15) is 0 Å². The Morgan fingerprint density at radius 3 is 2.57 bits per heavy atom. The second-order valence-electron chi connectivity index (χ2n) is 6.08.